The van der Waals surface area contributed by atoms with Gasteiger partial charge in [0.2, 0.25) is 10.0 Å². The summed E-state index contributed by atoms with van der Waals surface area (Å²) < 4.78 is 35.5. The Balaban J connectivity index is 2.15. The summed E-state index contributed by atoms with van der Waals surface area (Å²) >= 11 is 1.20. The zero-order chi connectivity index (χ0) is 23.4. The third-order valence-corrected chi connectivity index (χ3v) is 8.10. The van der Waals surface area contributed by atoms with Gasteiger partial charge in [0.1, 0.15) is 10.6 Å². The van der Waals surface area contributed by atoms with Gasteiger partial charge in [-0.2, -0.15) is 0 Å². The number of hydrogen-bond acceptors (Lipinski definition) is 6. The van der Waals surface area contributed by atoms with Crippen LogP contribution in [0, 0.1) is 0 Å². The minimum absolute atomic E-state index is 0.0729. The molecule has 0 fully saturated rings. The Kier molecular flexibility index (Phi) is 7.74. The third-order valence-electron chi connectivity index (χ3n) is 5.46. The van der Waals surface area contributed by atoms with Crippen LogP contribution in [0.5, 0.6) is 5.75 Å². The second kappa shape index (κ2) is 10.1. The van der Waals surface area contributed by atoms with Crippen molar-refractivity contribution in [3.63, 3.8) is 0 Å². The molecular weight excluding hydrogens is 448 g/mol. The van der Waals surface area contributed by atoms with Crippen LogP contribution in [-0.4, -0.2) is 44.4 Å². The number of para-hydroxylation sites is 1. The summed E-state index contributed by atoms with van der Waals surface area (Å²) in [6.07, 6.45) is 2.57. The quantitative estimate of drug-likeness (QED) is 0.552. The highest BCUT2D eigenvalue weighted by molar-refractivity contribution is 7.99. The van der Waals surface area contributed by atoms with Crippen LogP contribution in [0.3, 0.4) is 0 Å². The number of nitrogens with one attached hydrogen (secondary N) is 1. The van der Waals surface area contributed by atoms with Crippen LogP contribution in [0.25, 0.3) is 0 Å². The van der Waals surface area contributed by atoms with Gasteiger partial charge in [0.25, 0.3) is 0 Å². The maximum Gasteiger partial charge on any atom is 0.313 e. The lowest BCUT2D eigenvalue weighted by Crippen LogP contribution is -2.50. The molecule has 0 spiro atoms. The van der Waals surface area contributed by atoms with Crippen LogP contribution >= 0.6 is 11.8 Å². The van der Waals surface area contributed by atoms with Crippen molar-refractivity contribution in [2.45, 2.75) is 49.3 Å². The smallest absolute Gasteiger partial charge is 0.313 e. The van der Waals surface area contributed by atoms with Gasteiger partial charge in [0.05, 0.1) is 18.6 Å². The molecule has 1 aliphatic heterocycles. The molecule has 0 saturated carbocycles. The normalized spacial score (nSPS) is 19.8. The molecule has 0 radical (unpaired) electrons. The van der Waals surface area contributed by atoms with Crippen molar-refractivity contribution in [2.24, 2.45) is 0 Å². The number of methoxy groups -OCH3 is 1. The van der Waals surface area contributed by atoms with Crippen molar-refractivity contribution >= 4 is 39.1 Å². The summed E-state index contributed by atoms with van der Waals surface area (Å²) in [6, 6.07) is 13.1. The van der Waals surface area contributed by atoms with E-state index in [2.05, 4.69) is 11.6 Å². The zero-order valence-corrected chi connectivity index (χ0v) is 20.3. The minimum atomic E-state index is -3.82. The van der Waals surface area contributed by atoms with E-state index in [1.165, 1.54) is 18.9 Å². The highest BCUT2D eigenvalue weighted by Crippen LogP contribution is 2.41. The first kappa shape index (κ1) is 24.4. The highest BCUT2D eigenvalue weighted by Gasteiger charge is 2.39. The molecule has 0 amide bonds. The van der Waals surface area contributed by atoms with Crippen molar-refractivity contribution in [1.29, 1.82) is 0 Å². The van der Waals surface area contributed by atoms with E-state index in [0.717, 1.165) is 18.5 Å². The highest BCUT2D eigenvalue weighted by atomic mass is 32.2. The lowest BCUT2D eigenvalue weighted by atomic mass is 9.95. The molecule has 2 N–H and O–H groups in total. The standard InChI is InChI=1S/C23H30N2O5S2/c1-4-5-11-23(2)16-25(18-9-7-6-8-10-18)19-13-20(30-3)17(14-31-15-22(26)27)12-21(19)32(28,29)24-23/h6-10,12-13,24H,4-5,11,14-16H2,1-3H3,(H,26,27)/t23-/m1/s1. The summed E-state index contributed by atoms with van der Waals surface area (Å²) in [5.41, 5.74) is 1.43. The van der Waals surface area contributed by atoms with E-state index in [-0.39, 0.29) is 10.6 Å². The van der Waals surface area contributed by atoms with E-state index < -0.39 is 21.5 Å². The second-order valence-electron chi connectivity index (χ2n) is 8.21. The number of thioether (sulfide) groups is 1. The molecular formula is C23H30N2O5S2. The monoisotopic (exact) mass is 478 g/mol. The van der Waals surface area contributed by atoms with Gasteiger partial charge in [-0.3, -0.25) is 4.79 Å². The van der Waals surface area contributed by atoms with E-state index in [1.807, 2.05) is 42.2 Å². The van der Waals surface area contributed by atoms with E-state index in [0.29, 0.717) is 35.7 Å². The number of carboxylic acids is 1. The zero-order valence-electron chi connectivity index (χ0n) is 18.6. The summed E-state index contributed by atoms with van der Waals surface area (Å²) in [6.45, 7) is 4.51. The summed E-state index contributed by atoms with van der Waals surface area (Å²) in [5.74, 6) is -0.123. The van der Waals surface area contributed by atoms with Crippen molar-refractivity contribution in [3.05, 3.63) is 48.0 Å². The molecule has 1 heterocycles. The Morgan fingerprint density at radius 2 is 2.00 bits per heavy atom. The van der Waals surface area contributed by atoms with Crippen LogP contribution in [0.4, 0.5) is 11.4 Å². The van der Waals surface area contributed by atoms with Crippen LogP contribution in [-0.2, 0) is 20.6 Å². The number of carboxylic acid groups (broad SMARTS) is 1. The summed E-state index contributed by atoms with van der Waals surface area (Å²) in [7, 11) is -2.28. The number of sulfonamides is 1. The van der Waals surface area contributed by atoms with E-state index in [1.54, 1.807) is 12.1 Å². The van der Waals surface area contributed by atoms with Gasteiger partial charge in [0, 0.05) is 35.2 Å². The molecule has 0 unspecified atom stereocenters. The first-order chi connectivity index (χ1) is 15.2. The predicted molar refractivity (Wildman–Crippen MR) is 128 cm³/mol. The average Bonchev–Trinajstić information content (AvgIpc) is 2.84. The van der Waals surface area contributed by atoms with E-state index in [9.17, 15) is 13.2 Å². The van der Waals surface area contributed by atoms with Gasteiger partial charge in [-0.25, -0.2) is 13.1 Å². The molecule has 2 aromatic rings. The molecule has 7 nitrogen and oxygen atoms in total. The van der Waals surface area contributed by atoms with Crippen molar-refractivity contribution < 1.29 is 23.1 Å². The number of rotatable bonds is 9. The molecule has 32 heavy (non-hydrogen) atoms. The molecule has 0 aliphatic carbocycles. The topological polar surface area (TPSA) is 95.9 Å². The number of ether oxygens (including phenoxy) is 1. The Bertz CT molecular complexity index is 1060. The lowest BCUT2D eigenvalue weighted by molar-refractivity contribution is -0.133. The van der Waals surface area contributed by atoms with Crippen LogP contribution in [0.2, 0.25) is 0 Å². The molecule has 9 heteroatoms. The molecule has 1 aliphatic rings. The number of nitrogens with zero attached hydrogens (tertiary/aromatic N) is 1. The number of hydrogen-bond donors (Lipinski definition) is 2. The molecule has 1 atom stereocenters. The van der Waals surface area contributed by atoms with Crippen LogP contribution < -0.4 is 14.4 Å². The average molecular weight is 479 g/mol. The maximum absolute atomic E-state index is 13.5. The molecule has 2 aromatic carbocycles. The molecule has 0 saturated heterocycles. The van der Waals surface area contributed by atoms with E-state index >= 15 is 0 Å². The molecule has 174 valence electrons. The van der Waals surface area contributed by atoms with E-state index in [4.69, 9.17) is 9.84 Å². The fourth-order valence-electron chi connectivity index (χ4n) is 3.95. The number of benzene rings is 2. The number of fused-ring (bicyclic) bond motifs is 1. The Hall–Kier alpha value is -2.23. The Labute approximate surface area is 194 Å². The third kappa shape index (κ3) is 5.57. The van der Waals surface area contributed by atoms with Crippen molar-refractivity contribution in [2.75, 3.05) is 24.3 Å². The van der Waals surface area contributed by atoms with Gasteiger partial charge >= 0.3 is 5.97 Å². The maximum atomic E-state index is 13.5. The number of unbranched alkanes of at least 4 members (excludes halogenated alkanes) is 1. The van der Waals surface area contributed by atoms with Gasteiger partial charge in [0.15, 0.2) is 0 Å². The Morgan fingerprint density at radius 1 is 1.28 bits per heavy atom. The van der Waals surface area contributed by atoms with Gasteiger partial charge in [-0.05, 0) is 31.5 Å². The first-order valence-corrected chi connectivity index (χ1v) is 13.2. The second-order valence-corrected chi connectivity index (χ2v) is 10.8. The van der Waals surface area contributed by atoms with Crippen LogP contribution in [0.15, 0.2) is 47.4 Å². The SMILES string of the molecule is CCCC[C@]1(C)CN(c2ccccc2)c2cc(OC)c(CSCC(=O)O)cc2S(=O)(=O)N1. The summed E-state index contributed by atoms with van der Waals surface area (Å²) in [5, 5.41) is 8.95. The number of aliphatic carboxylic acids is 1. The summed E-state index contributed by atoms with van der Waals surface area (Å²) in [4.78, 5) is 13.1. The molecule has 0 aromatic heterocycles. The fourth-order valence-corrected chi connectivity index (χ4v) is 6.34. The molecule has 3 rings (SSSR count). The number of carbonyl (C=O) groups is 1. The number of anilines is 2. The molecule has 0 bridgehead atoms. The minimum Gasteiger partial charge on any atom is -0.496 e. The predicted octanol–water partition coefficient (Wildman–Crippen LogP) is 4.39. The Morgan fingerprint density at radius 3 is 2.62 bits per heavy atom. The first-order valence-electron chi connectivity index (χ1n) is 10.6. The van der Waals surface area contributed by atoms with Gasteiger partial charge < -0.3 is 14.7 Å². The lowest BCUT2D eigenvalue weighted by Gasteiger charge is -2.34. The fraction of sp³-hybridized carbons (Fsp3) is 0.435. The van der Waals surface area contributed by atoms with Gasteiger partial charge in [-0.15, -0.1) is 11.8 Å². The van der Waals surface area contributed by atoms with Crippen molar-refractivity contribution in [3.8, 4) is 5.75 Å². The van der Waals surface area contributed by atoms with Crippen molar-refractivity contribution in [1.82, 2.24) is 4.72 Å². The van der Waals surface area contributed by atoms with Crippen LogP contribution in [0.1, 0.15) is 38.7 Å². The van der Waals surface area contributed by atoms with Gasteiger partial charge in [-0.1, -0.05) is 38.0 Å². The largest absolute Gasteiger partial charge is 0.496 e.